The molecule has 1 aromatic carbocycles. The Bertz CT molecular complexity index is 1010. The maximum absolute atomic E-state index is 11.9. The highest BCUT2D eigenvalue weighted by Gasteiger charge is 2.30. The van der Waals surface area contributed by atoms with Gasteiger partial charge in [0.1, 0.15) is 11.4 Å². The van der Waals surface area contributed by atoms with Gasteiger partial charge in [0.15, 0.2) is 0 Å². The van der Waals surface area contributed by atoms with Crippen molar-refractivity contribution in [2.75, 3.05) is 17.2 Å². The summed E-state index contributed by atoms with van der Waals surface area (Å²) in [7, 11) is 0. The predicted octanol–water partition coefficient (Wildman–Crippen LogP) is 2.44. The lowest BCUT2D eigenvalue weighted by molar-refractivity contribution is 0.100. The van der Waals surface area contributed by atoms with Crippen LogP contribution in [0.1, 0.15) is 30.1 Å². The quantitative estimate of drug-likeness (QED) is 0.476. The number of primary amides is 1. The summed E-state index contributed by atoms with van der Waals surface area (Å²) in [4.78, 5) is 20.7. The number of benzene rings is 1. The number of hydrogen-bond donors (Lipinski definition) is 4. The molecular weight excluding hydrogens is 354 g/mol. The zero-order chi connectivity index (χ0) is 19.7. The van der Waals surface area contributed by atoms with Gasteiger partial charge >= 0.3 is 0 Å². The number of hydrogen-bond acceptors (Lipinski definition) is 6. The first kappa shape index (κ1) is 18.2. The van der Waals surface area contributed by atoms with Crippen molar-refractivity contribution in [2.45, 2.75) is 32.4 Å². The number of fused-ring (bicyclic) bond motifs is 1. The monoisotopic (exact) mass is 379 g/mol. The van der Waals surface area contributed by atoms with E-state index in [1.807, 2.05) is 24.4 Å². The number of anilines is 3. The fourth-order valence-corrected chi connectivity index (χ4v) is 3.50. The van der Waals surface area contributed by atoms with Gasteiger partial charge in [0, 0.05) is 42.6 Å². The third-order valence-electron chi connectivity index (χ3n) is 5.22. The zero-order valence-electron chi connectivity index (χ0n) is 15.9. The first-order valence-corrected chi connectivity index (χ1v) is 9.59. The molecule has 0 saturated heterocycles. The van der Waals surface area contributed by atoms with Crippen molar-refractivity contribution in [2.24, 2.45) is 17.4 Å². The Morgan fingerprint density at radius 1 is 1.36 bits per heavy atom. The second-order valence-corrected chi connectivity index (χ2v) is 7.11. The highest BCUT2D eigenvalue weighted by molar-refractivity contribution is 6.00. The van der Waals surface area contributed by atoms with Gasteiger partial charge in [-0.1, -0.05) is 6.07 Å². The Hall–Kier alpha value is -3.13. The average molecular weight is 379 g/mol. The van der Waals surface area contributed by atoms with Gasteiger partial charge in [-0.3, -0.25) is 4.79 Å². The summed E-state index contributed by atoms with van der Waals surface area (Å²) in [6.07, 6.45) is 5.82. The zero-order valence-corrected chi connectivity index (χ0v) is 15.9. The summed E-state index contributed by atoms with van der Waals surface area (Å²) in [5, 5.41) is 7.61. The normalized spacial score (nSPS) is 14.8. The van der Waals surface area contributed by atoms with Crippen molar-refractivity contribution in [1.82, 2.24) is 14.5 Å². The predicted molar refractivity (Wildman–Crippen MR) is 111 cm³/mol. The summed E-state index contributed by atoms with van der Waals surface area (Å²) in [6, 6.07) is 8.17. The minimum absolute atomic E-state index is 0.134. The van der Waals surface area contributed by atoms with Crippen molar-refractivity contribution in [1.29, 1.82) is 0 Å². The van der Waals surface area contributed by atoms with Gasteiger partial charge in [-0.05, 0) is 43.9 Å². The number of nitrogens with two attached hydrogens (primary N) is 2. The second kappa shape index (κ2) is 7.47. The third-order valence-corrected chi connectivity index (χ3v) is 5.22. The van der Waals surface area contributed by atoms with Crippen LogP contribution in [0.15, 0.2) is 36.7 Å². The SMILES string of the molecule is CCn1ccc2c(Nc3nc(NC(CN)C4CC4)ncc3C(N)=O)cccc21. The van der Waals surface area contributed by atoms with E-state index in [1.54, 1.807) is 0 Å². The molecule has 1 unspecified atom stereocenters. The molecule has 1 fully saturated rings. The molecule has 3 aromatic rings. The van der Waals surface area contributed by atoms with Crippen molar-refractivity contribution >= 4 is 34.3 Å². The molecular formula is C20H25N7O. The Kier molecular flexibility index (Phi) is 4.87. The van der Waals surface area contributed by atoms with Crippen LogP contribution in [0.25, 0.3) is 10.9 Å². The second-order valence-electron chi connectivity index (χ2n) is 7.11. The Balaban J connectivity index is 1.68. The van der Waals surface area contributed by atoms with E-state index in [9.17, 15) is 4.79 Å². The van der Waals surface area contributed by atoms with Gasteiger partial charge in [0.25, 0.3) is 5.91 Å². The van der Waals surface area contributed by atoms with Gasteiger partial charge < -0.3 is 26.7 Å². The first-order valence-electron chi connectivity index (χ1n) is 9.59. The highest BCUT2D eigenvalue weighted by atomic mass is 16.1. The van der Waals surface area contributed by atoms with Gasteiger partial charge in [0.2, 0.25) is 5.95 Å². The van der Waals surface area contributed by atoms with Gasteiger partial charge in [0.05, 0.1) is 5.52 Å². The molecule has 8 nitrogen and oxygen atoms in total. The first-order chi connectivity index (χ1) is 13.6. The molecule has 2 heterocycles. The van der Waals surface area contributed by atoms with Crippen molar-refractivity contribution < 1.29 is 4.79 Å². The molecule has 6 N–H and O–H groups in total. The minimum atomic E-state index is -0.579. The number of aryl methyl sites for hydroxylation is 1. The van der Waals surface area contributed by atoms with E-state index in [1.165, 1.54) is 6.20 Å². The largest absolute Gasteiger partial charge is 0.365 e. The molecule has 1 saturated carbocycles. The number of rotatable bonds is 8. The maximum atomic E-state index is 11.9. The molecule has 0 spiro atoms. The van der Waals surface area contributed by atoms with Gasteiger partial charge in [-0.2, -0.15) is 4.98 Å². The van der Waals surface area contributed by atoms with E-state index in [0.717, 1.165) is 36.0 Å². The molecule has 1 aliphatic carbocycles. The minimum Gasteiger partial charge on any atom is -0.365 e. The smallest absolute Gasteiger partial charge is 0.254 e. The summed E-state index contributed by atoms with van der Waals surface area (Å²) >= 11 is 0. The standard InChI is InChI=1S/C20H25N7O/c1-2-27-9-8-13-15(4-3-5-17(13)27)24-19-14(18(22)28)11-23-20(26-19)25-16(10-21)12-6-7-12/h3-5,8-9,11-12,16H,2,6-7,10,21H2,1H3,(H2,22,28)(H2,23,24,25,26). The van der Waals surface area contributed by atoms with E-state index in [-0.39, 0.29) is 11.6 Å². The fraction of sp³-hybridized carbons (Fsp3) is 0.350. The number of carbonyl (C=O) groups is 1. The molecule has 2 aromatic heterocycles. The maximum Gasteiger partial charge on any atom is 0.254 e. The highest BCUT2D eigenvalue weighted by Crippen LogP contribution is 2.34. The molecule has 0 aliphatic heterocycles. The summed E-state index contributed by atoms with van der Waals surface area (Å²) in [5.41, 5.74) is 13.6. The lowest BCUT2D eigenvalue weighted by Crippen LogP contribution is -2.31. The van der Waals surface area contributed by atoms with Gasteiger partial charge in [-0.25, -0.2) is 4.98 Å². The summed E-state index contributed by atoms with van der Waals surface area (Å²) < 4.78 is 2.16. The molecule has 146 valence electrons. The van der Waals surface area contributed by atoms with Crippen LogP contribution in [0.4, 0.5) is 17.5 Å². The van der Waals surface area contributed by atoms with Crippen molar-refractivity contribution in [3.05, 3.63) is 42.2 Å². The van der Waals surface area contributed by atoms with Crippen LogP contribution >= 0.6 is 0 Å². The molecule has 0 radical (unpaired) electrons. The fourth-order valence-electron chi connectivity index (χ4n) is 3.50. The average Bonchev–Trinajstić information content (AvgIpc) is 3.45. The molecule has 8 heteroatoms. The summed E-state index contributed by atoms with van der Waals surface area (Å²) in [5.74, 6) is 0.801. The van der Waals surface area contributed by atoms with Crippen LogP contribution in [-0.2, 0) is 6.54 Å². The van der Waals surface area contributed by atoms with Gasteiger partial charge in [-0.15, -0.1) is 0 Å². The van der Waals surface area contributed by atoms with Crippen LogP contribution in [0.2, 0.25) is 0 Å². The lowest BCUT2D eigenvalue weighted by Gasteiger charge is -2.17. The van der Waals surface area contributed by atoms with Crippen LogP contribution in [-0.4, -0.2) is 33.0 Å². The third kappa shape index (κ3) is 3.50. The van der Waals surface area contributed by atoms with E-state index in [0.29, 0.717) is 24.2 Å². The van der Waals surface area contributed by atoms with Crippen LogP contribution < -0.4 is 22.1 Å². The Labute approximate surface area is 163 Å². The van der Waals surface area contributed by atoms with Crippen LogP contribution in [0.3, 0.4) is 0 Å². The summed E-state index contributed by atoms with van der Waals surface area (Å²) in [6.45, 7) is 3.49. The molecule has 28 heavy (non-hydrogen) atoms. The molecule has 0 bridgehead atoms. The number of nitrogens with zero attached hydrogens (tertiary/aromatic N) is 3. The molecule has 1 atom stereocenters. The van der Waals surface area contributed by atoms with E-state index >= 15 is 0 Å². The van der Waals surface area contributed by atoms with E-state index < -0.39 is 5.91 Å². The van der Waals surface area contributed by atoms with Crippen LogP contribution in [0.5, 0.6) is 0 Å². The van der Waals surface area contributed by atoms with E-state index in [2.05, 4.69) is 38.2 Å². The molecule has 1 aliphatic rings. The number of aromatic nitrogens is 3. The Morgan fingerprint density at radius 2 is 2.18 bits per heavy atom. The number of amides is 1. The van der Waals surface area contributed by atoms with Crippen molar-refractivity contribution in [3.8, 4) is 0 Å². The number of carbonyl (C=O) groups excluding carboxylic acids is 1. The Morgan fingerprint density at radius 3 is 2.86 bits per heavy atom. The lowest BCUT2D eigenvalue weighted by atomic mass is 10.2. The molecule has 4 rings (SSSR count). The van der Waals surface area contributed by atoms with E-state index in [4.69, 9.17) is 11.5 Å². The molecule has 1 amide bonds. The topological polar surface area (TPSA) is 124 Å². The number of nitrogens with one attached hydrogen (secondary N) is 2. The van der Waals surface area contributed by atoms with Crippen LogP contribution in [0, 0.1) is 5.92 Å². The van der Waals surface area contributed by atoms with Crippen molar-refractivity contribution in [3.63, 3.8) is 0 Å².